The van der Waals surface area contributed by atoms with E-state index < -0.39 is 0 Å². The van der Waals surface area contributed by atoms with Crippen molar-refractivity contribution in [2.45, 2.75) is 12.8 Å². The van der Waals surface area contributed by atoms with Gasteiger partial charge in [-0.05, 0) is 38.1 Å². The summed E-state index contributed by atoms with van der Waals surface area (Å²) in [5.41, 5.74) is 1.88. The molecule has 1 N–H and O–H groups in total. The molecule has 1 heterocycles. The Hall–Kier alpha value is -1.53. The van der Waals surface area contributed by atoms with Crippen molar-refractivity contribution in [3.63, 3.8) is 0 Å². The summed E-state index contributed by atoms with van der Waals surface area (Å²) in [6, 6.07) is 10.1. The van der Waals surface area contributed by atoms with Gasteiger partial charge < -0.3 is 10.2 Å². The number of nitrogens with zero attached hydrogens (tertiary/aromatic N) is 2. The average molecular weight is 215 g/mol. The molecular formula is C13H17N3. The Balaban J connectivity index is 2.17. The van der Waals surface area contributed by atoms with E-state index in [1.165, 1.54) is 0 Å². The van der Waals surface area contributed by atoms with Gasteiger partial charge in [0, 0.05) is 13.1 Å². The maximum Gasteiger partial charge on any atom is 0.101 e. The topological polar surface area (TPSA) is 39.1 Å². The lowest BCUT2D eigenvalue weighted by Gasteiger charge is -2.27. The number of nitriles is 1. The monoisotopic (exact) mass is 215 g/mol. The molecule has 1 aliphatic rings. The highest BCUT2D eigenvalue weighted by atomic mass is 15.1. The van der Waals surface area contributed by atoms with Gasteiger partial charge in [0.05, 0.1) is 11.3 Å². The van der Waals surface area contributed by atoms with Crippen molar-refractivity contribution in [2.24, 2.45) is 0 Å². The van der Waals surface area contributed by atoms with Crippen LogP contribution in [0.1, 0.15) is 18.4 Å². The van der Waals surface area contributed by atoms with Crippen molar-refractivity contribution < 1.29 is 0 Å². The van der Waals surface area contributed by atoms with Crippen LogP contribution in [0.15, 0.2) is 24.3 Å². The lowest BCUT2D eigenvalue weighted by atomic mass is 10.1. The van der Waals surface area contributed by atoms with E-state index in [1.54, 1.807) is 0 Å². The first-order valence-corrected chi connectivity index (χ1v) is 5.86. The number of para-hydroxylation sites is 1. The molecule has 1 aliphatic heterocycles. The van der Waals surface area contributed by atoms with E-state index in [9.17, 15) is 0 Å². The third-order valence-corrected chi connectivity index (χ3v) is 2.93. The van der Waals surface area contributed by atoms with Crippen molar-refractivity contribution in [1.82, 2.24) is 5.32 Å². The second kappa shape index (κ2) is 5.53. The fourth-order valence-electron chi connectivity index (χ4n) is 2.11. The van der Waals surface area contributed by atoms with Crippen LogP contribution >= 0.6 is 0 Å². The van der Waals surface area contributed by atoms with E-state index in [0.717, 1.165) is 50.3 Å². The van der Waals surface area contributed by atoms with Gasteiger partial charge in [-0.1, -0.05) is 12.1 Å². The summed E-state index contributed by atoms with van der Waals surface area (Å²) in [5, 5.41) is 12.5. The third-order valence-electron chi connectivity index (χ3n) is 2.93. The highest BCUT2D eigenvalue weighted by molar-refractivity contribution is 5.59. The van der Waals surface area contributed by atoms with Gasteiger partial charge in [0.2, 0.25) is 0 Å². The Labute approximate surface area is 96.7 Å². The van der Waals surface area contributed by atoms with Crippen molar-refractivity contribution >= 4 is 5.69 Å². The maximum atomic E-state index is 9.09. The van der Waals surface area contributed by atoms with Gasteiger partial charge in [0.25, 0.3) is 0 Å². The molecule has 0 radical (unpaired) electrons. The Morgan fingerprint density at radius 1 is 1.12 bits per heavy atom. The van der Waals surface area contributed by atoms with Gasteiger partial charge in [-0.3, -0.25) is 0 Å². The van der Waals surface area contributed by atoms with E-state index >= 15 is 0 Å². The summed E-state index contributed by atoms with van der Waals surface area (Å²) in [4.78, 5) is 2.33. The fourth-order valence-corrected chi connectivity index (χ4v) is 2.11. The van der Waals surface area contributed by atoms with Crippen molar-refractivity contribution in [3.8, 4) is 6.07 Å². The molecule has 16 heavy (non-hydrogen) atoms. The first kappa shape index (κ1) is 11.0. The summed E-state index contributed by atoms with van der Waals surface area (Å²) < 4.78 is 0. The highest BCUT2D eigenvalue weighted by Gasteiger charge is 2.11. The lowest BCUT2D eigenvalue weighted by Crippen LogP contribution is -2.34. The zero-order valence-electron chi connectivity index (χ0n) is 9.45. The lowest BCUT2D eigenvalue weighted by molar-refractivity contribution is 0.567. The predicted molar refractivity (Wildman–Crippen MR) is 65.5 cm³/mol. The second-order valence-electron chi connectivity index (χ2n) is 4.07. The first-order chi connectivity index (χ1) is 7.92. The van der Waals surface area contributed by atoms with Crippen LogP contribution in [-0.2, 0) is 0 Å². The SMILES string of the molecule is N#Cc1ccccc1N1CCCNCCC1. The summed E-state index contributed by atoms with van der Waals surface area (Å²) in [5.74, 6) is 0. The van der Waals surface area contributed by atoms with E-state index in [1.807, 2.05) is 24.3 Å². The number of rotatable bonds is 1. The second-order valence-corrected chi connectivity index (χ2v) is 4.07. The van der Waals surface area contributed by atoms with Gasteiger partial charge in [0.1, 0.15) is 6.07 Å². The average Bonchev–Trinajstić information content (AvgIpc) is 2.29. The maximum absolute atomic E-state index is 9.09. The summed E-state index contributed by atoms with van der Waals surface area (Å²) >= 11 is 0. The minimum Gasteiger partial charge on any atom is -0.370 e. The van der Waals surface area contributed by atoms with Gasteiger partial charge in [-0.15, -0.1) is 0 Å². The molecule has 84 valence electrons. The zero-order chi connectivity index (χ0) is 11.2. The molecule has 3 heteroatoms. The van der Waals surface area contributed by atoms with Gasteiger partial charge in [-0.2, -0.15) is 5.26 Å². The minimum absolute atomic E-state index is 0.788. The van der Waals surface area contributed by atoms with E-state index in [4.69, 9.17) is 5.26 Å². The number of benzene rings is 1. The molecule has 0 spiro atoms. The first-order valence-electron chi connectivity index (χ1n) is 5.86. The van der Waals surface area contributed by atoms with Crippen LogP contribution in [-0.4, -0.2) is 26.2 Å². The van der Waals surface area contributed by atoms with Crippen LogP contribution in [0.2, 0.25) is 0 Å². The summed E-state index contributed by atoms with van der Waals surface area (Å²) in [7, 11) is 0. The van der Waals surface area contributed by atoms with Gasteiger partial charge in [0.15, 0.2) is 0 Å². The molecule has 1 saturated heterocycles. The normalized spacial score (nSPS) is 17.3. The molecular weight excluding hydrogens is 198 g/mol. The van der Waals surface area contributed by atoms with Crippen LogP contribution in [0.25, 0.3) is 0 Å². The Morgan fingerprint density at radius 2 is 1.81 bits per heavy atom. The van der Waals surface area contributed by atoms with E-state index in [2.05, 4.69) is 16.3 Å². The molecule has 1 aromatic carbocycles. The molecule has 1 aromatic rings. The van der Waals surface area contributed by atoms with Gasteiger partial charge >= 0.3 is 0 Å². The number of nitrogens with one attached hydrogen (secondary N) is 1. The zero-order valence-corrected chi connectivity index (χ0v) is 9.45. The molecule has 1 fully saturated rings. The summed E-state index contributed by atoms with van der Waals surface area (Å²) in [6.07, 6.45) is 2.28. The standard InChI is InChI=1S/C13H17N3/c14-11-12-5-1-2-6-13(12)16-9-3-7-15-8-4-10-16/h1-2,5-6,15H,3-4,7-10H2. The quantitative estimate of drug-likeness (QED) is 0.775. The molecule has 0 aliphatic carbocycles. The summed E-state index contributed by atoms with van der Waals surface area (Å²) in [6.45, 7) is 4.22. The van der Waals surface area contributed by atoms with Crippen LogP contribution in [0.5, 0.6) is 0 Å². The number of hydrogen-bond acceptors (Lipinski definition) is 3. The number of anilines is 1. The number of hydrogen-bond donors (Lipinski definition) is 1. The Kier molecular flexibility index (Phi) is 3.79. The third kappa shape index (κ3) is 2.53. The van der Waals surface area contributed by atoms with Gasteiger partial charge in [-0.25, -0.2) is 0 Å². The minimum atomic E-state index is 0.788. The highest BCUT2D eigenvalue weighted by Crippen LogP contribution is 2.20. The molecule has 0 atom stereocenters. The van der Waals surface area contributed by atoms with Crippen LogP contribution in [0.4, 0.5) is 5.69 Å². The molecule has 2 rings (SSSR count). The Morgan fingerprint density at radius 3 is 2.50 bits per heavy atom. The van der Waals surface area contributed by atoms with Crippen molar-refractivity contribution in [1.29, 1.82) is 5.26 Å². The molecule has 0 amide bonds. The van der Waals surface area contributed by atoms with Crippen molar-refractivity contribution in [2.75, 3.05) is 31.1 Å². The molecule has 0 aromatic heterocycles. The molecule has 0 bridgehead atoms. The molecule has 3 nitrogen and oxygen atoms in total. The van der Waals surface area contributed by atoms with Crippen LogP contribution in [0.3, 0.4) is 0 Å². The molecule has 0 saturated carbocycles. The predicted octanol–water partition coefficient (Wildman–Crippen LogP) is 1.75. The largest absolute Gasteiger partial charge is 0.370 e. The van der Waals surface area contributed by atoms with E-state index in [0.29, 0.717) is 0 Å². The van der Waals surface area contributed by atoms with Crippen molar-refractivity contribution in [3.05, 3.63) is 29.8 Å². The smallest absolute Gasteiger partial charge is 0.101 e. The van der Waals surface area contributed by atoms with E-state index in [-0.39, 0.29) is 0 Å². The van der Waals surface area contributed by atoms with Crippen LogP contribution in [0, 0.1) is 11.3 Å². The van der Waals surface area contributed by atoms with Crippen LogP contribution < -0.4 is 10.2 Å². The fraction of sp³-hybridized carbons (Fsp3) is 0.462. The molecule has 0 unspecified atom stereocenters. The Bertz CT molecular complexity index is 373.